The number of ether oxygens (including phenoxy) is 1. The number of methoxy groups -OCH3 is 1. The summed E-state index contributed by atoms with van der Waals surface area (Å²) >= 11 is 35.8. The third-order valence-corrected chi connectivity index (χ3v) is 4.32. The fourth-order valence-corrected chi connectivity index (χ4v) is 2.56. The molecule has 0 unspecified atom stereocenters. The van der Waals surface area contributed by atoms with Gasteiger partial charge in [0.25, 0.3) is 0 Å². The molecule has 0 aliphatic heterocycles. The van der Waals surface area contributed by atoms with E-state index in [0.29, 0.717) is 11.1 Å². The summed E-state index contributed by atoms with van der Waals surface area (Å²) in [7, 11) is 1.60. The number of alkyl halides is 6. The molecular weight excluding hydrogens is 409 g/mol. The van der Waals surface area contributed by atoms with Crippen LogP contribution < -0.4 is 4.74 Å². The Morgan fingerprint density at radius 2 is 1.14 bits per heavy atom. The first kappa shape index (κ1) is 18.3. The van der Waals surface area contributed by atoms with Gasteiger partial charge < -0.3 is 4.74 Å². The molecule has 0 aliphatic carbocycles. The summed E-state index contributed by atoms with van der Waals surface area (Å²) in [6.07, 6.45) is 0. The first-order valence-electron chi connectivity index (χ1n) is 6.05. The van der Waals surface area contributed by atoms with E-state index in [2.05, 4.69) is 0 Å². The molecule has 0 saturated heterocycles. The van der Waals surface area contributed by atoms with E-state index in [4.69, 9.17) is 74.3 Å². The monoisotopic (exact) mass is 416 g/mol. The summed E-state index contributed by atoms with van der Waals surface area (Å²) in [5.74, 6) is 0.739. The van der Waals surface area contributed by atoms with Crippen LogP contribution in [-0.4, -0.2) is 7.11 Å². The molecule has 1 nitrogen and oxygen atoms in total. The van der Waals surface area contributed by atoms with E-state index in [1.807, 2.05) is 24.3 Å². The van der Waals surface area contributed by atoms with Crippen LogP contribution >= 0.6 is 69.6 Å². The standard InChI is InChI=1S/C15H10Cl6O/c1-22-13-4-2-9(3-5-13)10-6-11(14(16,17)18)8-12(7-10)15(19,20)21/h2-8H,1H3. The number of hydrogen-bond donors (Lipinski definition) is 0. The Balaban J connectivity index is 2.59. The smallest absolute Gasteiger partial charge is 0.216 e. The third-order valence-electron chi connectivity index (χ3n) is 3.01. The van der Waals surface area contributed by atoms with Gasteiger partial charge in [-0.15, -0.1) is 0 Å². The van der Waals surface area contributed by atoms with Crippen molar-refractivity contribution >= 4 is 69.6 Å². The molecule has 0 aromatic heterocycles. The second kappa shape index (κ2) is 6.84. The SMILES string of the molecule is COc1ccc(-c2cc(C(Cl)(Cl)Cl)cc(C(Cl)(Cl)Cl)c2)cc1. The Hall–Kier alpha value is -0.0200. The van der Waals surface area contributed by atoms with Crippen molar-refractivity contribution in [2.75, 3.05) is 7.11 Å². The summed E-state index contributed by atoms with van der Waals surface area (Å²) in [5.41, 5.74) is 2.50. The van der Waals surface area contributed by atoms with Crippen LogP contribution in [-0.2, 0) is 7.59 Å². The maximum Gasteiger partial charge on any atom is 0.216 e. The molecule has 2 aromatic rings. The second-order valence-corrected chi connectivity index (χ2v) is 9.09. The molecule has 0 aliphatic rings. The van der Waals surface area contributed by atoms with E-state index in [0.717, 1.165) is 16.9 Å². The topological polar surface area (TPSA) is 9.23 Å². The van der Waals surface area contributed by atoms with Gasteiger partial charge in [-0.3, -0.25) is 0 Å². The summed E-state index contributed by atoms with van der Waals surface area (Å²) in [4.78, 5) is 0. The van der Waals surface area contributed by atoms with Crippen molar-refractivity contribution in [3.05, 3.63) is 53.6 Å². The average Bonchev–Trinajstić information content (AvgIpc) is 2.45. The van der Waals surface area contributed by atoms with Crippen molar-refractivity contribution in [1.82, 2.24) is 0 Å². The average molecular weight is 419 g/mol. The van der Waals surface area contributed by atoms with Crippen molar-refractivity contribution in [3.8, 4) is 16.9 Å². The van der Waals surface area contributed by atoms with Gasteiger partial charge in [-0.2, -0.15) is 0 Å². The molecule has 0 bridgehead atoms. The summed E-state index contributed by atoms with van der Waals surface area (Å²) in [5, 5.41) is 0. The molecule has 0 saturated carbocycles. The lowest BCUT2D eigenvalue weighted by Crippen LogP contribution is -2.06. The Labute approximate surface area is 159 Å². The van der Waals surface area contributed by atoms with Gasteiger partial charge in [0.1, 0.15) is 5.75 Å². The first-order valence-corrected chi connectivity index (χ1v) is 8.32. The Morgan fingerprint density at radius 3 is 1.50 bits per heavy atom. The summed E-state index contributed by atoms with van der Waals surface area (Å²) in [6, 6.07) is 12.5. The Morgan fingerprint density at radius 1 is 0.682 bits per heavy atom. The van der Waals surface area contributed by atoms with Gasteiger partial charge >= 0.3 is 0 Å². The molecule has 118 valence electrons. The molecule has 0 spiro atoms. The number of hydrogen-bond acceptors (Lipinski definition) is 1. The molecule has 2 rings (SSSR count). The van der Waals surface area contributed by atoms with Gasteiger partial charge in [-0.05, 0) is 41.5 Å². The lowest BCUT2D eigenvalue weighted by atomic mass is 10.0. The second-order valence-electron chi connectivity index (χ2n) is 4.52. The molecule has 7 heteroatoms. The zero-order valence-corrected chi connectivity index (χ0v) is 15.8. The lowest BCUT2D eigenvalue weighted by Gasteiger charge is -2.19. The number of halogens is 6. The molecule has 0 radical (unpaired) electrons. The van der Waals surface area contributed by atoms with E-state index in [1.54, 1.807) is 25.3 Å². The van der Waals surface area contributed by atoms with Crippen molar-refractivity contribution in [3.63, 3.8) is 0 Å². The zero-order chi connectivity index (χ0) is 16.5. The molecule has 2 aromatic carbocycles. The first-order chi connectivity index (χ1) is 10.1. The van der Waals surface area contributed by atoms with Crippen LogP contribution in [0.4, 0.5) is 0 Å². The Bertz CT molecular complexity index is 623. The minimum Gasteiger partial charge on any atom is -0.497 e. The molecule has 22 heavy (non-hydrogen) atoms. The predicted octanol–water partition coefficient (Wildman–Crippen LogP) is 7.02. The van der Waals surface area contributed by atoms with Crippen molar-refractivity contribution in [2.45, 2.75) is 7.59 Å². The molecule has 0 amide bonds. The van der Waals surface area contributed by atoms with Crippen LogP contribution in [0, 0.1) is 0 Å². The summed E-state index contributed by atoms with van der Waals surface area (Å²) in [6.45, 7) is 0. The van der Waals surface area contributed by atoms with Crippen LogP contribution in [0.3, 0.4) is 0 Å². The van der Waals surface area contributed by atoms with Crippen LogP contribution in [0.1, 0.15) is 11.1 Å². The van der Waals surface area contributed by atoms with Gasteiger partial charge in [-0.25, -0.2) is 0 Å². The molecule has 0 heterocycles. The highest BCUT2D eigenvalue weighted by atomic mass is 35.6. The van der Waals surface area contributed by atoms with Crippen LogP contribution in [0.15, 0.2) is 42.5 Å². The van der Waals surface area contributed by atoms with E-state index >= 15 is 0 Å². The minimum atomic E-state index is -1.62. The molecule has 0 fully saturated rings. The van der Waals surface area contributed by atoms with Crippen molar-refractivity contribution < 1.29 is 4.74 Å². The lowest BCUT2D eigenvalue weighted by molar-refractivity contribution is 0.415. The van der Waals surface area contributed by atoms with E-state index < -0.39 is 7.59 Å². The maximum absolute atomic E-state index is 5.97. The molecular formula is C15H10Cl6O. The molecule has 0 N–H and O–H groups in total. The van der Waals surface area contributed by atoms with Gasteiger partial charge in [0, 0.05) is 11.1 Å². The fraction of sp³-hybridized carbons (Fsp3) is 0.200. The number of rotatable bonds is 2. The largest absolute Gasteiger partial charge is 0.497 e. The zero-order valence-electron chi connectivity index (χ0n) is 11.2. The van der Waals surface area contributed by atoms with Crippen LogP contribution in [0.25, 0.3) is 11.1 Å². The third kappa shape index (κ3) is 4.50. The van der Waals surface area contributed by atoms with Gasteiger partial charge in [0.2, 0.25) is 7.59 Å². The maximum atomic E-state index is 5.97. The van der Waals surface area contributed by atoms with Crippen molar-refractivity contribution in [1.29, 1.82) is 0 Å². The summed E-state index contributed by atoms with van der Waals surface area (Å²) < 4.78 is 1.90. The minimum absolute atomic E-state index is 0.423. The quantitative estimate of drug-likeness (QED) is 0.476. The highest BCUT2D eigenvalue weighted by Crippen LogP contribution is 2.45. The van der Waals surface area contributed by atoms with Crippen LogP contribution in [0.2, 0.25) is 0 Å². The van der Waals surface area contributed by atoms with Gasteiger partial charge in [0.05, 0.1) is 7.11 Å². The van der Waals surface area contributed by atoms with Crippen LogP contribution in [0.5, 0.6) is 5.75 Å². The van der Waals surface area contributed by atoms with E-state index in [-0.39, 0.29) is 0 Å². The van der Waals surface area contributed by atoms with E-state index in [1.165, 1.54) is 0 Å². The normalized spacial score (nSPS) is 12.3. The Kier molecular flexibility index (Phi) is 5.70. The highest BCUT2D eigenvalue weighted by molar-refractivity contribution is 6.67. The number of benzene rings is 2. The van der Waals surface area contributed by atoms with Gasteiger partial charge in [0.15, 0.2) is 0 Å². The van der Waals surface area contributed by atoms with Gasteiger partial charge in [-0.1, -0.05) is 81.7 Å². The van der Waals surface area contributed by atoms with Crippen molar-refractivity contribution in [2.24, 2.45) is 0 Å². The van der Waals surface area contributed by atoms with E-state index in [9.17, 15) is 0 Å². The molecule has 0 atom stereocenters. The fourth-order valence-electron chi connectivity index (χ4n) is 1.91. The predicted molar refractivity (Wildman–Crippen MR) is 96.9 cm³/mol. The highest BCUT2D eigenvalue weighted by Gasteiger charge is 2.29.